The molecule has 0 bridgehead atoms. The summed E-state index contributed by atoms with van der Waals surface area (Å²) in [6.45, 7) is 5.30. The summed E-state index contributed by atoms with van der Waals surface area (Å²) in [6, 6.07) is 0. The van der Waals surface area contributed by atoms with Crippen molar-refractivity contribution < 1.29 is 0 Å². The number of imidazole rings is 1. The van der Waals surface area contributed by atoms with Crippen LogP contribution in [0.4, 0.5) is 0 Å². The molecule has 3 nitrogen and oxygen atoms in total. The number of hydrogen-bond donors (Lipinski definition) is 1. The van der Waals surface area contributed by atoms with Gasteiger partial charge < -0.3 is 9.88 Å². The van der Waals surface area contributed by atoms with Crippen LogP contribution in [0, 0.1) is 5.92 Å². The fourth-order valence-electron chi connectivity index (χ4n) is 1.42. The Hall–Kier alpha value is -0.830. The van der Waals surface area contributed by atoms with Gasteiger partial charge in [-0.3, -0.25) is 0 Å². The molecule has 13 heavy (non-hydrogen) atoms. The number of nitrogens with zero attached hydrogens (tertiary/aromatic N) is 2. The number of nitrogens with one attached hydrogen (secondary N) is 1. The quantitative estimate of drug-likeness (QED) is 0.759. The highest BCUT2D eigenvalue weighted by atomic mass is 15.1. The van der Waals surface area contributed by atoms with Crippen LogP contribution in [0.15, 0.2) is 6.20 Å². The van der Waals surface area contributed by atoms with Crippen molar-refractivity contribution in [1.82, 2.24) is 14.9 Å². The normalized spacial score (nSPS) is 11.2. The second-order valence-electron chi connectivity index (χ2n) is 3.85. The summed E-state index contributed by atoms with van der Waals surface area (Å²) in [7, 11) is 4.02. The van der Waals surface area contributed by atoms with E-state index in [0.29, 0.717) is 5.92 Å². The molecular weight excluding hydrogens is 162 g/mol. The zero-order valence-corrected chi connectivity index (χ0v) is 8.96. The fourth-order valence-corrected chi connectivity index (χ4v) is 1.42. The van der Waals surface area contributed by atoms with Gasteiger partial charge in [-0.25, -0.2) is 4.98 Å². The molecule has 1 N–H and O–H groups in total. The monoisotopic (exact) mass is 181 g/mol. The smallest absolute Gasteiger partial charge is 0.122 e. The van der Waals surface area contributed by atoms with Crippen LogP contribution in [-0.4, -0.2) is 16.6 Å². The Morgan fingerprint density at radius 3 is 2.77 bits per heavy atom. The van der Waals surface area contributed by atoms with Gasteiger partial charge in [0.2, 0.25) is 0 Å². The van der Waals surface area contributed by atoms with E-state index in [9.17, 15) is 0 Å². The molecule has 0 aliphatic carbocycles. The predicted molar refractivity (Wildman–Crippen MR) is 54.5 cm³/mol. The average molecular weight is 181 g/mol. The minimum atomic E-state index is 0.692. The third-order valence-corrected chi connectivity index (χ3v) is 2.13. The summed E-state index contributed by atoms with van der Waals surface area (Å²) < 4.78 is 2.18. The molecule has 74 valence electrons. The molecule has 0 amide bonds. The molecule has 0 saturated heterocycles. The van der Waals surface area contributed by atoms with E-state index in [-0.39, 0.29) is 0 Å². The third-order valence-electron chi connectivity index (χ3n) is 2.13. The number of rotatable bonds is 4. The van der Waals surface area contributed by atoms with Gasteiger partial charge in [-0.2, -0.15) is 0 Å². The van der Waals surface area contributed by atoms with E-state index in [1.54, 1.807) is 0 Å². The van der Waals surface area contributed by atoms with Gasteiger partial charge in [0, 0.05) is 18.9 Å². The van der Waals surface area contributed by atoms with Crippen molar-refractivity contribution in [3.8, 4) is 0 Å². The lowest BCUT2D eigenvalue weighted by Gasteiger charge is -2.07. The molecule has 1 rings (SSSR count). The van der Waals surface area contributed by atoms with E-state index in [4.69, 9.17) is 0 Å². The lowest BCUT2D eigenvalue weighted by molar-refractivity contribution is 0.604. The average Bonchev–Trinajstić information content (AvgIpc) is 2.36. The van der Waals surface area contributed by atoms with Crippen LogP contribution < -0.4 is 5.32 Å². The van der Waals surface area contributed by atoms with Crippen LogP contribution >= 0.6 is 0 Å². The van der Waals surface area contributed by atoms with Gasteiger partial charge in [0.15, 0.2) is 0 Å². The van der Waals surface area contributed by atoms with Crippen LogP contribution in [0.2, 0.25) is 0 Å². The minimum absolute atomic E-state index is 0.692. The summed E-state index contributed by atoms with van der Waals surface area (Å²) in [5.74, 6) is 1.80. The van der Waals surface area contributed by atoms with E-state index in [1.165, 1.54) is 5.69 Å². The van der Waals surface area contributed by atoms with Crippen molar-refractivity contribution >= 4 is 0 Å². The highest BCUT2D eigenvalue weighted by Gasteiger charge is 2.06. The SMILES string of the molecule is CNCc1ncc(CC(C)C)n1C. The van der Waals surface area contributed by atoms with Crippen LogP contribution in [0.3, 0.4) is 0 Å². The molecule has 0 aliphatic heterocycles. The number of hydrogen-bond acceptors (Lipinski definition) is 2. The van der Waals surface area contributed by atoms with Gasteiger partial charge in [-0.1, -0.05) is 13.8 Å². The molecular formula is C10H19N3. The Labute approximate surface area is 80.2 Å². The summed E-state index contributed by atoms with van der Waals surface area (Å²) >= 11 is 0. The first-order valence-corrected chi connectivity index (χ1v) is 4.79. The molecule has 3 heteroatoms. The fraction of sp³-hybridized carbons (Fsp3) is 0.700. The molecule has 1 aromatic heterocycles. The first-order valence-electron chi connectivity index (χ1n) is 4.79. The molecule has 0 aliphatic rings. The van der Waals surface area contributed by atoms with Crippen molar-refractivity contribution in [3.63, 3.8) is 0 Å². The standard InChI is InChI=1S/C10H19N3/c1-8(2)5-9-6-12-10(7-11-3)13(9)4/h6,8,11H,5,7H2,1-4H3. The van der Waals surface area contributed by atoms with E-state index in [2.05, 4.69) is 35.8 Å². The Morgan fingerprint density at radius 1 is 1.54 bits per heavy atom. The first-order chi connectivity index (χ1) is 6.15. The summed E-state index contributed by atoms with van der Waals surface area (Å²) in [5.41, 5.74) is 1.32. The van der Waals surface area contributed by atoms with Crippen molar-refractivity contribution in [2.24, 2.45) is 13.0 Å². The predicted octanol–water partition coefficient (Wildman–Crippen LogP) is 1.34. The zero-order valence-electron chi connectivity index (χ0n) is 8.96. The summed E-state index contributed by atoms with van der Waals surface area (Å²) in [4.78, 5) is 4.36. The molecule has 0 unspecified atom stereocenters. The van der Waals surface area contributed by atoms with Crippen molar-refractivity contribution in [2.75, 3.05) is 7.05 Å². The van der Waals surface area contributed by atoms with Crippen LogP contribution in [0.5, 0.6) is 0 Å². The van der Waals surface area contributed by atoms with Gasteiger partial charge in [-0.05, 0) is 19.4 Å². The lowest BCUT2D eigenvalue weighted by atomic mass is 10.1. The van der Waals surface area contributed by atoms with Gasteiger partial charge in [0.05, 0.1) is 6.54 Å². The van der Waals surface area contributed by atoms with E-state index >= 15 is 0 Å². The molecule has 1 aromatic rings. The summed E-state index contributed by atoms with van der Waals surface area (Å²) in [5, 5.41) is 3.11. The van der Waals surface area contributed by atoms with Crippen molar-refractivity contribution in [2.45, 2.75) is 26.8 Å². The maximum absolute atomic E-state index is 4.36. The molecule has 0 saturated carbocycles. The molecule has 0 aromatic carbocycles. The Kier molecular flexibility index (Phi) is 3.48. The lowest BCUT2D eigenvalue weighted by Crippen LogP contribution is -2.12. The van der Waals surface area contributed by atoms with Gasteiger partial charge in [0.1, 0.15) is 5.82 Å². The summed E-state index contributed by atoms with van der Waals surface area (Å²) in [6.07, 6.45) is 3.08. The Balaban J connectivity index is 2.74. The van der Waals surface area contributed by atoms with E-state index in [1.807, 2.05) is 13.2 Å². The Morgan fingerprint density at radius 2 is 2.23 bits per heavy atom. The van der Waals surface area contributed by atoms with Gasteiger partial charge >= 0.3 is 0 Å². The van der Waals surface area contributed by atoms with Crippen molar-refractivity contribution in [3.05, 3.63) is 17.7 Å². The van der Waals surface area contributed by atoms with E-state index in [0.717, 1.165) is 18.8 Å². The third kappa shape index (κ3) is 2.56. The van der Waals surface area contributed by atoms with Gasteiger partial charge in [0.25, 0.3) is 0 Å². The van der Waals surface area contributed by atoms with Crippen molar-refractivity contribution in [1.29, 1.82) is 0 Å². The maximum Gasteiger partial charge on any atom is 0.122 e. The van der Waals surface area contributed by atoms with Crippen LogP contribution in [0.25, 0.3) is 0 Å². The zero-order chi connectivity index (χ0) is 9.84. The highest BCUT2D eigenvalue weighted by Crippen LogP contribution is 2.08. The topological polar surface area (TPSA) is 29.9 Å². The number of aromatic nitrogens is 2. The maximum atomic E-state index is 4.36. The second-order valence-corrected chi connectivity index (χ2v) is 3.85. The molecule has 0 spiro atoms. The van der Waals surface area contributed by atoms with Gasteiger partial charge in [-0.15, -0.1) is 0 Å². The molecule has 1 heterocycles. The van der Waals surface area contributed by atoms with Crippen LogP contribution in [0.1, 0.15) is 25.4 Å². The van der Waals surface area contributed by atoms with E-state index < -0.39 is 0 Å². The highest BCUT2D eigenvalue weighted by molar-refractivity contribution is 5.05. The molecule has 0 fully saturated rings. The minimum Gasteiger partial charge on any atom is -0.334 e. The Bertz CT molecular complexity index is 263. The first kappa shape index (κ1) is 10.3. The molecule has 0 atom stereocenters. The second kappa shape index (κ2) is 4.42. The molecule has 0 radical (unpaired) electrons. The van der Waals surface area contributed by atoms with Crippen LogP contribution in [-0.2, 0) is 20.0 Å². The largest absolute Gasteiger partial charge is 0.334 e.